The molecule has 4 heteroatoms. The first-order chi connectivity index (χ1) is 12.7. The number of hydrogen-bond acceptors (Lipinski definition) is 3. The van der Waals surface area contributed by atoms with Crippen molar-refractivity contribution >= 4 is 5.91 Å². The quantitative estimate of drug-likeness (QED) is 0.843. The first-order valence-corrected chi connectivity index (χ1v) is 9.24. The topological polar surface area (TPSA) is 47.6 Å². The Bertz CT molecular complexity index is 796. The standard InChI is InChI=1S/C22H25NO3/c1-25-17-11-7-15(8-12-17)22(16-9-13-18(26-2)14-10-16)20-6-4-3-5-19(20)21(24)23-22/h3-4,6-9,11,13,17,19H,5,10,12,14H2,1-2H3,(H,23,24). The molecule has 1 heterocycles. The largest absolute Gasteiger partial charge is 0.501 e. The van der Waals surface area contributed by atoms with Crippen molar-refractivity contribution < 1.29 is 14.3 Å². The second-order valence-electron chi connectivity index (χ2n) is 7.14. The average Bonchev–Trinajstić information content (AvgIpc) is 3.02. The Balaban J connectivity index is 1.83. The third-order valence-electron chi connectivity index (χ3n) is 5.87. The second-order valence-corrected chi connectivity index (χ2v) is 7.14. The molecule has 4 nitrogen and oxygen atoms in total. The van der Waals surface area contributed by atoms with Crippen molar-refractivity contribution in [2.45, 2.75) is 37.3 Å². The van der Waals surface area contributed by atoms with E-state index in [1.54, 1.807) is 14.2 Å². The van der Waals surface area contributed by atoms with Gasteiger partial charge in [0.15, 0.2) is 0 Å². The molecule has 1 saturated heterocycles. The maximum absolute atomic E-state index is 12.8. The van der Waals surface area contributed by atoms with Crippen LogP contribution in [0.3, 0.4) is 0 Å². The molecule has 1 N–H and O–H groups in total. The van der Waals surface area contributed by atoms with Crippen LogP contribution in [0.25, 0.3) is 0 Å². The number of rotatable bonds is 4. The molecule has 26 heavy (non-hydrogen) atoms. The molecular formula is C22H25NO3. The molecule has 1 fully saturated rings. The van der Waals surface area contributed by atoms with Crippen molar-refractivity contribution in [2.75, 3.05) is 14.2 Å². The Hall–Kier alpha value is -2.33. The molecule has 4 aliphatic rings. The van der Waals surface area contributed by atoms with Gasteiger partial charge in [0.05, 0.1) is 24.9 Å². The van der Waals surface area contributed by atoms with Crippen LogP contribution < -0.4 is 5.32 Å². The summed E-state index contributed by atoms with van der Waals surface area (Å²) >= 11 is 0. The van der Waals surface area contributed by atoms with Crippen LogP contribution in [-0.2, 0) is 14.3 Å². The minimum absolute atomic E-state index is 0.0804. The van der Waals surface area contributed by atoms with E-state index in [9.17, 15) is 4.79 Å². The molecule has 3 aliphatic carbocycles. The van der Waals surface area contributed by atoms with E-state index < -0.39 is 5.54 Å². The fraction of sp³-hybridized carbons (Fsp3) is 0.409. The maximum Gasteiger partial charge on any atom is 0.228 e. The molecule has 0 aromatic carbocycles. The Labute approximate surface area is 154 Å². The number of nitrogens with one attached hydrogen (secondary N) is 1. The van der Waals surface area contributed by atoms with Gasteiger partial charge in [0.2, 0.25) is 5.91 Å². The normalized spacial score (nSPS) is 32.9. The zero-order valence-electron chi connectivity index (χ0n) is 15.3. The molecule has 1 amide bonds. The van der Waals surface area contributed by atoms with E-state index in [0.29, 0.717) is 0 Å². The van der Waals surface area contributed by atoms with Gasteiger partial charge in [-0.15, -0.1) is 0 Å². The smallest absolute Gasteiger partial charge is 0.228 e. The summed E-state index contributed by atoms with van der Waals surface area (Å²) in [5, 5.41) is 3.37. The summed E-state index contributed by atoms with van der Waals surface area (Å²) in [6.07, 6.45) is 20.3. The average molecular weight is 351 g/mol. The van der Waals surface area contributed by atoms with E-state index in [-0.39, 0.29) is 17.9 Å². The van der Waals surface area contributed by atoms with Crippen LogP contribution in [0, 0.1) is 5.92 Å². The van der Waals surface area contributed by atoms with E-state index >= 15 is 0 Å². The summed E-state index contributed by atoms with van der Waals surface area (Å²) in [6, 6.07) is 0. The number of hydrogen-bond donors (Lipinski definition) is 1. The zero-order chi connectivity index (χ0) is 18.1. The van der Waals surface area contributed by atoms with E-state index in [0.717, 1.165) is 42.6 Å². The van der Waals surface area contributed by atoms with Crippen LogP contribution in [0.15, 0.2) is 71.1 Å². The molecule has 0 bridgehead atoms. The molecule has 3 unspecified atom stereocenters. The second kappa shape index (κ2) is 6.76. The number of allylic oxidation sites excluding steroid dienone is 6. The summed E-state index contributed by atoms with van der Waals surface area (Å²) in [6.45, 7) is 0. The number of methoxy groups -OCH3 is 2. The highest BCUT2D eigenvalue weighted by Gasteiger charge is 2.52. The van der Waals surface area contributed by atoms with Crippen LogP contribution in [0.2, 0.25) is 0 Å². The third kappa shape index (κ3) is 2.60. The molecule has 1 aliphatic heterocycles. The molecular weight excluding hydrogens is 326 g/mol. The van der Waals surface area contributed by atoms with Crippen LogP contribution in [0.4, 0.5) is 0 Å². The molecule has 0 aromatic heterocycles. The van der Waals surface area contributed by atoms with Crippen LogP contribution >= 0.6 is 0 Å². The number of amides is 1. The highest BCUT2D eigenvalue weighted by Crippen LogP contribution is 2.48. The van der Waals surface area contributed by atoms with Gasteiger partial charge in [-0.05, 0) is 42.1 Å². The Kier molecular flexibility index (Phi) is 4.45. The van der Waals surface area contributed by atoms with Gasteiger partial charge in [-0.25, -0.2) is 0 Å². The van der Waals surface area contributed by atoms with Gasteiger partial charge >= 0.3 is 0 Å². The molecule has 3 atom stereocenters. The van der Waals surface area contributed by atoms with Gasteiger partial charge < -0.3 is 14.8 Å². The van der Waals surface area contributed by atoms with E-state index in [1.165, 1.54) is 5.57 Å². The molecule has 0 saturated carbocycles. The van der Waals surface area contributed by atoms with Crippen molar-refractivity contribution in [3.8, 4) is 0 Å². The lowest BCUT2D eigenvalue weighted by molar-refractivity contribution is -0.122. The summed E-state index contributed by atoms with van der Waals surface area (Å²) < 4.78 is 10.8. The zero-order valence-corrected chi connectivity index (χ0v) is 15.3. The lowest BCUT2D eigenvalue weighted by atomic mass is 9.70. The van der Waals surface area contributed by atoms with E-state index in [2.05, 4.69) is 47.8 Å². The predicted octanol–water partition coefficient (Wildman–Crippen LogP) is 3.51. The van der Waals surface area contributed by atoms with Crippen LogP contribution in [-0.4, -0.2) is 31.8 Å². The molecule has 136 valence electrons. The summed E-state index contributed by atoms with van der Waals surface area (Å²) in [5.41, 5.74) is 2.99. The first kappa shape index (κ1) is 17.1. The maximum atomic E-state index is 12.8. The fourth-order valence-corrected chi connectivity index (χ4v) is 4.45. The van der Waals surface area contributed by atoms with Crippen LogP contribution in [0.5, 0.6) is 0 Å². The van der Waals surface area contributed by atoms with Crippen molar-refractivity contribution in [3.63, 3.8) is 0 Å². The lowest BCUT2D eigenvalue weighted by Gasteiger charge is -2.38. The van der Waals surface area contributed by atoms with E-state index in [4.69, 9.17) is 9.47 Å². The van der Waals surface area contributed by atoms with Crippen molar-refractivity contribution in [2.24, 2.45) is 5.92 Å². The number of carbonyl (C=O) groups excluding carboxylic acids is 1. The number of carbonyl (C=O) groups is 1. The monoisotopic (exact) mass is 351 g/mol. The van der Waals surface area contributed by atoms with E-state index in [1.807, 2.05) is 6.08 Å². The van der Waals surface area contributed by atoms with Gasteiger partial charge in [0, 0.05) is 13.5 Å². The van der Waals surface area contributed by atoms with Gasteiger partial charge in [-0.2, -0.15) is 0 Å². The van der Waals surface area contributed by atoms with Crippen molar-refractivity contribution in [3.05, 3.63) is 71.1 Å². The summed E-state index contributed by atoms with van der Waals surface area (Å²) in [5.74, 6) is 1.02. The SMILES string of the molecule is COC1=CC=C(C2(C3=CCC(OC)C=C3)NC(=O)C3CC=CC=C32)CC1. The third-order valence-corrected chi connectivity index (χ3v) is 5.87. The summed E-state index contributed by atoms with van der Waals surface area (Å²) in [4.78, 5) is 12.8. The van der Waals surface area contributed by atoms with Crippen molar-refractivity contribution in [1.82, 2.24) is 5.32 Å². The predicted molar refractivity (Wildman–Crippen MR) is 101 cm³/mol. The highest BCUT2D eigenvalue weighted by molar-refractivity contribution is 5.91. The minimum atomic E-state index is -0.544. The Morgan fingerprint density at radius 3 is 2.69 bits per heavy atom. The molecule has 0 spiro atoms. The number of fused-ring (bicyclic) bond motifs is 1. The Morgan fingerprint density at radius 2 is 2.04 bits per heavy atom. The lowest BCUT2D eigenvalue weighted by Crippen LogP contribution is -2.47. The van der Waals surface area contributed by atoms with Crippen LogP contribution in [0.1, 0.15) is 25.7 Å². The minimum Gasteiger partial charge on any atom is -0.501 e. The Morgan fingerprint density at radius 1 is 1.15 bits per heavy atom. The summed E-state index contributed by atoms with van der Waals surface area (Å²) in [7, 11) is 3.44. The van der Waals surface area contributed by atoms with Crippen molar-refractivity contribution in [1.29, 1.82) is 0 Å². The number of ether oxygens (including phenoxy) is 2. The van der Waals surface area contributed by atoms with Gasteiger partial charge in [0.25, 0.3) is 0 Å². The first-order valence-electron chi connectivity index (χ1n) is 9.24. The van der Waals surface area contributed by atoms with Gasteiger partial charge in [-0.3, -0.25) is 4.79 Å². The van der Waals surface area contributed by atoms with Gasteiger partial charge in [0.1, 0.15) is 5.54 Å². The van der Waals surface area contributed by atoms with Gasteiger partial charge in [-0.1, -0.05) is 42.5 Å². The molecule has 0 aromatic rings. The molecule has 4 rings (SSSR count). The molecule has 0 radical (unpaired) electrons. The fourth-order valence-electron chi connectivity index (χ4n) is 4.45. The highest BCUT2D eigenvalue weighted by atomic mass is 16.5.